The van der Waals surface area contributed by atoms with Crippen molar-refractivity contribution in [2.75, 3.05) is 19.0 Å². The number of fused-ring (bicyclic) bond motifs is 1. The molecule has 4 aromatic rings. The summed E-state index contributed by atoms with van der Waals surface area (Å²) in [4.78, 5) is 16.9. The molecule has 0 saturated carbocycles. The van der Waals surface area contributed by atoms with Crippen molar-refractivity contribution in [3.8, 4) is 23.0 Å². The SMILES string of the molecule is CCc1ccc2oc(-c3cccc(NC(=O)COc4ccc(OC)cc4)c3)nc2c1. The lowest BCUT2D eigenvalue weighted by Gasteiger charge is -2.08. The Hall–Kier alpha value is -3.80. The van der Waals surface area contributed by atoms with Gasteiger partial charge >= 0.3 is 0 Å². The summed E-state index contributed by atoms with van der Waals surface area (Å²) in [5.74, 6) is 1.59. The summed E-state index contributed by atoms with van der Waals surface area (Å²) in [6.45, 7) is 2.01. The third kappa shape index (κ3) is 4.43. The highest BCUT2D eigenvalue weighted by Gasteiger charge is 2.11. The molecule has 6 heteroatoms. The zero-order chi connectivity index (χ0) is 20.9. The Labute approximate surface area is 174 Å². The van der Waals surface area contributed by atoms with Crippen LogP contribution >= 0.6 is 0 Å². The van der Waals surface area contributed by atoms with Gasteiger partial charge in [-0.25, -0.2) is 4.98 Å². The third-order valence-corrected chi connectivity index (χ3v) is 4.68. The van der Waals surface area contributed by atoms with Crippen LogP contribution in [-0.2, 0) is 11.2 Å². The minimum atomic E-state index is -0.256. The molecule has 0 aliphatic rings. The highest BCUT2D eigenvalue weighted by molar-refractivity contribution is 5.92. The second-order valence-corrected chi connectivity index (χ2v) is 6.77. The molecule has 0 aliphatic carbocycles. The van der Waals surface area contributed by atoms with E-state index < -0.39 is 0 Å². The molecule has 6 nitrogen and oxygen atoms in total. The van der Waals surface area contributed by atoms with Crippen molar-refractivity contribution in [2.24, 2.45) is 0 Å². The van der Waals surface area contributed by atoms with Gasteiger partial charge in [0, 0.05) is 11.3 Å². The first-order chi connectivity index (χ1) is 14.6. The van der Waals surface area contributed by atoms with Gasteiger partial charge in [0.05, 0.1) is 7.11 Å². The Balaban J connectivity index is 1.43. The maximum absolute atomic E-state index is 12.3. The second kappa shape index (κ2) is 8.69. The lowest BCUT2D eigenvalue weighted by Crippen LogP contribution is -2.20. The first-order valence-electron chi connectivity index (χ1n) is 9.71. The average Bonchev–Trinajstić information content (AvgIpc) is 3.21. The highest BCUT2D eigenvalue weighted by atomic mass is 16.5. The smallest absolute Gasteiger partial charge is 0.262 e. The number of methoxy groups -OCH3 is 1. The van der Waals surface area contributed by atoms with E-state index in [0.717, 1.165) is 28.8 Å². The minimum absolute atomic E-state index is 0.0980. The van der Waals surface area contributed by atoms with E-state index in [0.29, 0.717) is 17.3 Å². The number of carbonyl (C=O) groups excluding carboxylic acids is 1. The molecule has 0 unspecified atom stereocenters. The maximum atomic E-state index is 12.3. The molecule has 1 aromatic heterocycles. The Kier molecular flexibility index (Phi) is 5.66. The molecule has 30 heavy (non-hydrogen) atoms. The van der Waals surface area contributed by atoms with Crippen LogP contribution in [0.5, 0.6) is 11.5 Å². The van der Waals surface area contributed by atoms with Crippen molar-refractivity contribution in [1.82, 2.24) is 4.98 Å². The predicted molar refractivity (Wildman–Crippen MR) is 116 cm³/mol. The molecule has 0 atom stereocenters. The zero-order valence-corrected chi connectivity index (χ0v) is 16.8. The Morgan fingerprint density at radius 2 is 1.83 bits per heavy atom. The average molecular weight is 402 g/mol. The predicted octanol–water partition coefficient (Wildman–Crippen LogP) is 5.08. The van der Waals surface area contributed by atoms with Gasteiger partial charge in [-0.1, -0.05) is 19.1 Å². The number of oxazole rings is 1. The molecule has 3 aromatic carbocycles. The number of benzene rings is 3. The van der Waals surface area contributed by atoms with Crippen molar-refractivity contribution < 1.29 is 18.7 Å². The maximum Gasteiger partial charge on any atom is 0.262 e. The Morgan fingerprint density at radius 3 is 2.60 bits per heavy atom. The number of hydrogen-bond acceptors (Lipinski definition) is 5. The van der Waals surface area contributed by atoms with Crippen molar-refractivity contribution in [3.05, 3.63) is 72.3 Å². The van der Waals surface area contributed by atoms with Gasteiger partial charge in [-0.05, 0) is 66.6 Å². The normalized spacial score (nSPS) is 10.7. The largest absolute Gasteiger partial charge is 0.497 e. The van der Waals surface area contributed by atoms with Gasteiger partial charge in [0.2, 0.25) is 5.89 Å². The first-order valence-corrected chi connectivity index (χ1v) is 9.71. The zero-order valence-electron chi connectivity index (χ0n) is 16.8. The van der Waals surface area contributed by atoms with E-state index in [-0.39, 0.29) is 12.5 Å². The van der Waals surface area contributed by atoms with Gasteiger partial charge in [-0.2, -0.15) is 0 Å². The summed E-state index contributed by atoms with van der Waals surface area (Å²) >= 11 is 0. The first kappa shape index (κ1) is 19.5. The van der Waals surface area contributed by atoms with E-state index in [1.807, 2.05) is 42.5 Å². The van der Waals surface area contributed by atoms with Gasteiger partial charge in [0.25, 0.3) is 5.91 Å². The molecule has 0 spiro atoms. The number of aromatic nitrogens is 1. The second-order valence-electron chi connectivity index (χ2n) is 6.77. The molecule has 1 heterocycles. The topological polar surface area (TPSA) is 73.6 Å². The van der Waals surface area contributed by atoms with Gasteiger partial charge in [-0.15, -0.1) is 0 Å². The molecular formula is C24H22N2O4. The van der Waals surface area contributed by atoms with E-state index in [2.05, 4.69) is 17.2 Å². The summed E-state index contributed by atoms with van der Waals surface area (Å²) in [5.41, 5.74) is 4.21. The number of anilines is 1. The number of carbonyl (C=O) groups is 1. The fraction of sp³-hybridized carbons (Fsp3) is 0.167. The summed E-state index contributed by atoms with van der Waals surface area (Å²) in [6.07, 6.45) is 0.943. The van der Waals surface area contributed by atoms with Gasteiger partial charge in [0.1, 0.15) is 17.0 Å². The van der Waals surface area contributed by atoms with Gasteiger partial charge < -0.3 is 19.2 Å². The van der Waals surface area contributed by atoms with Crippen LogP contribution in [0.1, 0.15) is 12.5 Å². The fourth-order valence-corrected chi connectivity index (χ4v) is 3.06. The summed E-state index contributed by atoms with van der Waals surface area (Å²) in [7, 11) is 1.60. The number of ether oxygens (including phenoxy) is 2. The van der Waals surface area contributed by atoms with Crippen molar-refractivity contribution in [1.29, 1.82) is 0 Å². The van der Waals surface area contributed by atoms with Crippen molar-refractivity contribution >= 4 is 22.7 Å². The summed E-state index contributed by atoms with van der Waals surface area (Å²) in [6, 6.07) is 20.5. The number of aryl methyl sites for hydroxylation is 1. The number of nitrogens with zero attached hydrogens (tertiary/aromatic N) is 1. The lowest BCUT2D eigenvalue weighted by molar-refractivity contribution is -0.118. The molecule has 0 bridgehead atoms. The monoisotopic (exact) mass is 402 g/mol. The number of hydrogen-bond donors (Lipinski definition) is 1. The quantitative estimate of drug-likeness (QED) is 0.466. The molecule has 0 saturated heterocycles. The molecule has 0 fully saturated rings. The van der Waals surface area contributed by atoms with Crippen LogP contribution in [0.25, 0.3) is 22.6 Å². The standard InChI is InChI=1S/C24H22N2O4/c1-3-16-7-12-22-21(13-16)26-24(30-22)17-5-4-6-18(14-17)25-23(27)15-29-20-10-8-19(28-2)9-11-20/h4-14H,3,15H2,1-2H3,(H,25,27). The van der Waals surface area contributed by atoms with Crippen LogP contribution in [0.2, 0.25) is 0 Å². The minimum Gasteiger partial charge on any atom is -0.497 e. The van der Waals surface area contributed by atoms with Crippen LogP contribution < -0.4 is 14.8 Å². The van der Waals surface area contributed by atoms with E-state index >= 15 is 0 Å². The van der Waals surface area contributed by atoms with E-state index in [4.69, 9.17) is 13.9 Å². The lowest BCUT2D eigenvalue weighted by atomic mass is 10.1. The van der Waals surface area contributed by atoms with Crippen LogP contribution in [0.3, 0.4) is 0 Å². The van der Waals surface area contributed by atoms with Crippen LogP contribution in [0.15, 0.2) is 71.1 Å². The van der Waals surface area contributed by atoms with E-state index in [1.165, 1.54) is 5.56 Å². The fourth-order valence-electron chi connectivity index (χ4n) is 3.06. The number of amides is 1. The molecule has 1 amide bonds. The van der Waals surface area contributed by atoms with E-state index in [9.17, 15) is 4.79 Å². The number of rotatable bonds is 7. The molecule has 4 rings (SSSR count). The molecule has 0 radical (unpaired) electrons. The molecule has 152 valence electrons. The Morgan fingerprint density at radius 1 is 1.03 bits per heavy atom. The highest BCUT2D eigenvalue weighted by Crippen LogP contribution is 2.27. The molecule has 1 N–H and O–H groups in total. The van der Waals surface area contributed by atoms with Gasteiger partial charge in [0.15, 0.2) is 12.2 Å². The van der Waals surface area contributed by atoms with Crippen LogP contribution in [0.4, 0.5) is 5.69 Å². The summed E-state index contributed by atoms with van der Waals surface area (Å²) in [5, 5.41) is 2.84. The van der Waals surface area contributed by atoms with Crippen LogP contribution in [0, 0.1) is 0 Å². The van der Waals surface area contributed by atoms with Gasteiger partial charge in [-0.3, -0.25) is 4.79 Å². The summed E-state index contributed by atoms with van der Waals surface area (Å²) < 4.78 is 16.5. The van der Waals surface area contributed by atoms with Crippen molar-refractivity contribution in [2.45, 2.75) is 13.3 Å². The Bertz CT molecular complexity index is 1170. The molecular weight excluding hydrogens is 380 g/mol. The molecule has 0 aliphatic heterocycles. The number of nitrogens with one attached hydrogen (secondary N) is 1. The van der Waals surface area contributed by atoms with Crippen LogP contribution in [-0.4, -0.2) is 24.6 Å². The van der Waals surface area contributed by atoms with E-state index in [1.54, 1.807) is 31.4 Å². The third-order valence-electron chi connectivity index (χ3n) is 4.68. The van der Waals surface area contributed by atoms with Crippen molar-refractivity contribution in [3.63, 3.8) is 0 Å².